The fourth-order valence-electron chi connectivity index (χ4n) is 3.14. The molecule has 1 unspecified atom stereocenters. The number of nitrogens with one attached hydrogen (secondary N) is 1. The molecule has 0 amide bonds. The summed E-state index contributed by atoms with van der Waals surface area (Å²) in [6.45, 7) is 0.842. The zero-order valence-electron chi connectivity index (χ0n) is 12.5. The molecule has 2 heteroatoms. The Hall–Kier alpha value is -2.32. The molecule has 0 aliphatic carbocycles. The molecule has 110 valence electrons. The average molecular weight is 289 g/mol. The number of hydrogen-bond acceptors (Lipinski definition) is 2. The molecule has 0 bridgehead atoms. The van der Waals surface area contributed by atoms with Crippen LogP contribution in [0.1, 0.15) is 17.5 Å². The van der Waals surface area contributed by atoms with Crippen molar-refractivity contribution in [1.29, 1.82) is 0 Å². The Labute approximate surface area is 130 Å². The summed E-state index contributed by atoms with van der Waals surface area (Å²) in [5.74, 6) is 1.02. The Kier molecular flexibility index (Phi) is 3.53. The summed E-state index contributed by atoms with van der Waals surface area (Å²) in [5.41, 5.74) is 2.63. The summed E-state index contributed by atoms with van der Waals surface area (Å²) in [5, 5.41) is 6.12. The van der Waals surface area contributed by atoms with Gasteiger partial charge < -0.3 is 4.74 Å². The lowest BCUT2D eigenvalue weighted by molar-refractivity contribution is 0.137. The van der Waals surface area contributed by atoms with Gasteiger partial charge in [0.1, 0.15) is 5.75 Å². The van der Waals surface area contributed by atoms with Crippen molar-refractivity contribution in [2.45, 2.75) is 25.6 Å². The van der Waals surface area contributed by atoms with E-state index in [0.29, 0.717) is 0 Å². The minimum absolute atomic E-state index is 0.0915. The highest BCUT2D eigenvalue weighted by molar-refractivity contribution is 5.87. The normalized spacial score (nSPS) is 17.0. The molecule has 3 aromatic carbocycles. The Morgan fingerprint density at radius 3 is 2.64 bits per heavy atom. The van der Waals surface area contributed by atoms with E-state index in [4.69, 9.17) is 4.74 Å². The second-order valence-corrected chi connectivity index (χ2v) is 5.78. The Bertz CT molecular complexity index is 782. The van der Waals surface area contributed by atoms with Crippen LogP contribution in [-0.4, -0.2) is 6.23 Å². The number of rotatable bonds is 3. The second kappa shape index (κ2) is 5.82. The van der Waals surface area contributed by atoms with Crippen LogP contribution < -0.4 is 10.1 Å². The molecular weight excluding hydrogens is 270 g/mol. The molecule has 0 saturated carbocycles. The van der Waals surface area contributed by atoms with Crippen LogP contribution in [-0.2, 0) is 13.0 Å². The summed E-state index contributed by atoms with van der Waals surface area (Å²) in [7, 11) is 0. The third-order valence-electron chi connectivity index (χ3n) is 4.30. The summed E-state index contributed by atoms with van der Waals surface area (Å²) in [6, 6.07) is 23.2. The fourth-order valence-corrected chi connectivity index (χ4v) is 3.14. The summed E-state index contributed by atoms with van der Waals surface area (Å²) in [4.78, 5) is 0. The van der Waals surface area contributed by atoms with Crippen LogP contribution in [0, 0.1) is 0 Å². The lowest BCUT2D eigenvalue weighted by atomic mass is 9.97. The average Bonchev–Trinajstić information content (AvgIpc) is 2.60. The quantitative estimate of drug-likeness (QED) is 0.777. The van der Waals surface area contributed by atoms with Crippen molar-refractivity contribution in [3.05, 3.63) is 77.9 Å². The predicted octanol–water partition coefficient (Wildman–Crippen LogP) is 4.28. The molecular formula is C20H19NO. The topological polar surface area (TPSA) is 21.3 Å². The van der Waals surface area contributed by atoms with Gasteiger partial charge >= 0.3 is 0 Å². The van der Waals surface area contributed by atoms with Crippen molar-refractivity contribution < 1.29 is 4.74 Å². The molecule has 0 aromatic heterocycles. The van der Waals surface area contributed by atoms with Crippen molar-refractivity contribution in [2.75, 3.05) is 0 Å². The minimum atomic E-state index is 0.0915. The van der Waals surface area contributed by atoms with Crippen LogP contribution in [0.5, 0.6) is 5.75 Å². The van der Waals surface area contributed by atoms with Crippen molar-refractivity contribution in [3.8, 4) is 5.75 Å². The van der Waals surface area contributed by atoms with E-state index in [1.807, 2.05) is 6.07 Å². The van der Waals surface area contributed by atoms with Gasteiger partial charge in [-0.3, -0.25) is 5.32 Å². The molecule has 0 fully saturated rings. The van der Waals surface area contributed by atoms with Gasteiger partial charge in [-0.2, -0.15) is 0 Å². The Morgan fingerprint density at radius 2 is 1.73 bits per heavy atom. The SMILES string of the molecule is c1ccc(CNC2CCc3c(ccc4ccccc34)O2)cc1. The van der Waals surface area contributed by atoms with E-state index in [1.165, 1.54) is 21.9 Å². The van der Waals surface area contributed by atoms with E-state index in [2.05, 4.69) is 66.0 Å². The first kappa shape index (κ1) is 13.4. The third kappa shape index (κ3) is 2.58. The Balaban J connectivity index is 1.51. The van der Waals surface area contributed by atoms with E-state index >= 15 is 0 Å². The van der Waals surface area contributed by atoms with Gasteiger partial charge in [0, 0.05) is 18.5 Å². The van der Waals surface area contributed by atoms with Gasteiger partial charge in [-0.15, -0.1) is 0 Å². The smallest absolute Gasteiger partial charge is 0.150 e. The molecule has 2 nitrogen and oxygen atoms in total. The van der Waals surface area contributed by atoms with Crippen LogP contribution in [0.3, 0.4) is 0 Å². The maximum Gasteiger partial charge on any atom is 0.150 e. The van der Waals surface area contributed by atoms with Crippen LogP contribution in [0.4, 0.5) is 0 Å². The summed E-state index contributed by atoms with van der Waals surface area (Å²) in [6.07, 6.45) is 2.16. The largest absolute Gasteiger partial charge is 0.475 e. The molecule has 1 aliphatic heterocycles. The van der Waals surface area contributed by atoms with Crippen molar-refractivity contribution in [3.63, 3.8) is 0 Å². The van der Waals surface area contributed by atoms with Gasteiger partial charge in [0.05, 0.1) is 0 Å². The molecule has 4 rings (SSSR count). The molecule has 1 N–H and O–H groups in total. The fraction of sp³-hybridized carbons (Fsp3) is 0.200. The van der Waals surface area contributed by atoms with Crippen LogP contribution in [0.25, 0.3) is 10.8 Å². The van der Waals surface area contributed by atoms with E-state index < -0.39 is 0 Å². The number of fused-ring (bicyclic) bond motifs is 3. The number of benzene rings is 3. The number of hydrogen-bond donors (Lipinski definition) is 1. The maximum atomic E-state index is 6.15. The standard InChI is InChI=1S/C20H19NO/c1-2-6-15(7-3-1)14-21-20-13-11-18-17-9-5-4-8-16(17)10-12-19(18)22-20/h1-10,12,20-21H,11,13-14H2. The lowest BCUT2D eigenvalue weighted by Gasteiger charge is -2.28. The van der Waals surface area contributed by atoms with E-state index in [9.17, 15) is 0 Å². The molecule has 22 heavy (non-hydrogen) atoms. The predicted molar refractivity (Wildman–Crippen MR) is 90.0 cm³/mol. The van der Waals surface area contributed by atoms with Crippen molar-refractivity contribution in [1.82, 2.24) is 5.32 Å². The summed E-state index contributed by atoms with van der Waals surface area (Å²) < 4.78 is 6.15. The first-order chi connectivity index (χ1) is 10.9. The molecule has 3 aromatic rings. The van der Waals surface area contributed by atoms with E-state index in [0.717, 1.165) is 25.1 Å². The van der Waals surface area contributed by atoms with E-state index in [-0.39, 0.29) is 6.23 Å². The van der Waals surface area contributed by atoms with Gasteiger partial charge in [0.15, 0.2) is 6.23 Å². The van der Waals surface area contributed by atoms with E-state index in [1.54, 1.807) is 0 Å². The zero-order valence-corrected chi connectivity index (χ0v) is 12.5. The van der Waals surface area contributed by atoms with Crippen LogP contribution in [0.15, 0.2) is 66.7 Å². The highest BCUT2D eigenvalue weighted by atomic mass is 16.5. The van der Waals surface area contributed by atoms with Gasteiger partial charge in [0.25, 0.3) is 0 Å². The number of aryl methyl sites for hydroxylation is 1. The van der Waals surface area contributed by atoms with Crippen LogP contribution in [0.2, 0.25) is 0 Å². The molecule has 0 radical (unpaired) electrons. The van der Waals surface area contributed by atoms with Gasteiger partial charge in [0.2, 0.25) is 0 Å². The molecule has 1 atom stereocenters. The minimum Gasteiger partial charge on any atom is -0.475 e. The molecule has 0 spiro atoms. The highest BCUT2D eigenvalue weighted by Crippen LogP contribution is 2.33. The van der Waals surface area contributed by atoms with Gasteiger partial charge in [-0.1, -0.05) is 60.7 Å². The number of ether oxygens (including phenoxy) is 1. The van der Waals surface area contributed by atoms with Gasteiger partial charge in [-0.05, 0) is 28.8 Å². The Morgan fingerprint density at radius 1 is 0.909 bits per heavy atom. The zero-order chi connectivity index (χ0) is 14.8. The van der Waals surface area contributed by atoms with Gasteiger partial charge in [-0.25, -0.2) is 0 Å². The van der Waals surface area contributed by atoms with Crippen molar-refractivity contribution in [2.24, 2.45) is 0 Å². The first-order valence-electron chi connectivity index (χ1n) is 7.85. The lowest BCUT2D eigenvalue weighted by Crippen LogP contribution is -2.36. The first-order valence-corrected chi connectivity index (χ1v) is 7.85. The second-order valence-electron chi connectivity index (χ2n) is 5.78. The highest BCUT2D eigenvalue weighted by Gasteiger charge is 2.20. The van der Waals surface area contributed by atoms with Crippen LogP contribution >= 0.6 is 0 Å². The third-order valence-corrected chi connectivity index (χ3v) is 4.30. The van der Waals surface area contributed by atoms with Crippen molar-refractivity contribution >= 4 is 10.8 Å². The monoisotopic (exact) mass is 289 g/mol. The summed E-state index contributed by atoms with van der Waals surface area (Å²) >= 11 is 0. The maximum absolute atomic E-state index is 6.15. The molecule has 1 heterocycles. The molecule has 0 saturated heterocycles. The molecule has 1 aliphatic rings.